The third-order valence-electron chi connectivity index (χ3n) is 1.98. The van der Waals surface area contributed by atoms with Gasteiger partial charge in [-0.05, 0) is 28.5 Å². The molecule has 0 spiro atoms. The van der Waals surface area contributed by atoms with Crippen LogP contribution in [0.25, 0.3) is 5.52 Å². The molecular weight excluding hydrogens is 250 g/mol. The van der Waals surface area contributed by atoms with Crippen molar-refractivity contribution >= 4 is 27.3 Å². The molecule has 2 heterocycles. The number of rotatable bonds is 1. The maximum Gasteiger partial charge on any atom is 0.391 e. The van der Waals surface area contributed by atoms with Gasteiger partial charge in [0.05, 0.1) is 0 Å². The highest BCUT2D eigenvalue weighted by Crippen LogP contribution is 2.25. The normalized spacial score (nSPS) is 10.7. The number of nitrogens with zero attached hydrogens (tertiary/aromatic N) is 3. The summed E-state index contributed by atoms with van der Waals surface area (Å²) in [6.45, 7) is 1.82. The Hall–Kier alpha value is -1.43. The lowest BCUT2D eigenvalue weighted by molar-refractivity contribution is -0.387. The van der Waals surface area contributed by atoms with Gasteiger partial charge < -0.3 is 10.1 Å². The van der Waals surface area contributed by atoms with Crippen LogP contribution in [0.5, 0.6) is 0 Å². The monoisotopic (exact) mass is 255 g/mol. The van der Waals surface area contributed by atoms with E-state index in [2.05, 4.69) is 20.9 Å². The minimum Gasteiger partial charge on any atom is -0.358 e. The summed E-state index contributed by atoms with van der Waals surface area (Å²) in [6.07, 6.45) is 1.73. The van der Waals surface area contributed by atoms with Crippen molar-refractivity contribution in [1.82, 2.24) is 9.38 Å². The van der Waals surface area contributed by atoms with Gasteiger partial charge in [0.2, 0.25) is 0 Å². The second-order valence-electron chi connectivity index (χ2n) is 2.87. The molecular formula is C8H6BrN3O2. The molecule has 72 valence electrons. The number of nitro groups is 1. The highest BCUT2D eigenvalue weighted by Gasteiger charge is 2.21. The van der Waals surface area contributed by atoms with Crippen LogP contribution in [0.1, 0.15) is 5.56 Å². The Bertz CT molecular complexity index is 521. The van der Waals surface area contributed by atoms with E-state index in [0.717, 1.165) is 5.56 Å². The van der Waals surface area contributed by atoms with Crippen molar-refractivity contribution in [2.45, 2.75) is 6.92 Å². The van der Waals surface area contributed by atoms with Gasteiger partial charge in [0, 0.05) is 22.1 Å². The molecule has 0 amide bonds. The number of halogens is 1. The van der Waals surface area contributed by atoms with Gasteiger partial charge in [0.25, 0.3) is 4.73 Å². The molecule has 0 saturated carbocycles. The summed E-state index contributed by atoms with van der Waals surface area (Å²) < 4.78 is 2.09. The van der Waals surface area contributed by atoms with Crippen molar-refractivity contribution in [2.24, 2.45) is 0 Å². The van der Waals surface area contributed by atoms with Crippen LogP contribution in [0.2, 0.25) is 0 Å². The molecule has 0 aliphatic heterocycles. The molecule has 0 fully saturated rings. The summed E-state index contributed by atoms with van der Waals surface area (Å²) in [5, 5.41) is 10.7. The Morgan fingerprint density at radius 2 is 2.36 bits per heavy atom. The van der Waals surface area contributed by atoms with Crippen LogP contribution in [0.15, 0.2) is 23.1 Å². The number of aryl methyl sites for hydroxylation is 1. The Kier molecular flexibility index (Phi) is 1.99. The van der Waals surface area contributed by atoms with E-state index in [4.69, 9.17) is 0 Å². The Labute approximate surface area is 87.7 Å². The summed E-state index contributed by atoms with van der Waals surface area (Å²) in [5.41, 5.74) is 1.36. The Morgan fingerprint density at radius 3 is 3.00 bits per heavy atom. The molecule has 0 aromatic carbocycles. The zero-order valence-corrected chi connectivity index (χ0v) is 8.85. The van der Waals surface area contributed by atoms with Gasteiger partial charge in [-0.25, -0.2) is 0 Å². The van der Waals surface area contributed by atoms with Gasteiger partial charge in [-0.1, -0.05) is 6.07 Å². The fourth-order valence-corrected chi connectivity index (χ4v) is 1.84. The number of aromatic nitrogens is 2. The maximum absolute atomic E-state index is 10.7. The zero-order chi connectivity index (χ0) is 10.3. The van der Waals surface area contributed by atoms with Crippen LogP contribution >= 0.6 is 15.9 Å². The van der Waals surface area contributed by atoms with Crippen molar-refractivity contribution in [3.8, 4) is 0 Å². The number of imidazole rings is 1. The molecule has 0 N–H and O–H groups in total. The van der Waals surface area contributed by atoms with Crippen molar-refractivity contribution in [2.75, 3.05) is 0 Å². The van der Waals surface area contributed by atoms with E-state index in [0.29, 0.717) is 10.3 Å². The molecule has 0 radical (unpaired) electrons. The van der Waals surface area contributed by atoms with E-state index < -0.39 is 4.92 Å². The number of hydrogen-bond donors (Lipinski definition) is 0. The van der Waals surface area contributed by atoms with Crippen molar-refractivity contribution < 1.29 is 4.92 Å². The molecule has 6 heteroatoms. The van der Waals surface area contributed by atoms with E-state index in [1.165, 1.54) is 0 Å². The molecule has 0 atom stereocenters. The number of pyridine rings is 1. The van der Waals surface area contributed by atoms with Crippen LogP contribution < -0.4 is 0 Å². The minimum atomic E-state index is -0.479. The fraction of sp³-hybridized carbons (Fsp3) is 0.125. The lowest BCUT2D eigenvalue weighted by atomic mass is 10.2. The molecule has 0 aliphatic rings. The van der Waals surface area contributed by atoms with Crippen LogP contribution in [-0.4, -0.2) is 14.3 Å². The van der Waals surface area contributed by atoms with Crippen LogP contribution in [0, 0.1) is 17.0 Å². The molecule has 14 heavy (non-hydrogen) atoms. The Morgan fingerprint density at radius 1 is 1.64 bits per heavy atom. The standard InChI is InChI=1S/C8H6BrN3O2/c1-5-3-2-4-11-6(5)7(12(13)14)10-8(11)9/h2-4H,1H3. The van der Waals surface area contributed by atoms with Crippen molar-refractivity contribution in [3.05, 3.63) is 38.7 Å². The summed E-state index contributed by atoms with van der Waals surface area (Å²) >= 11 is 3.17. The van der Waals surface area contributed by atoms with E-state index in [1.54, 1.807) is 10.6 Å². The fourth-order valence-electron chi connectivity index (χ4n) is 1.38. The Balaban J connectivity index is 2.93. The third kappa shape index (κ3) is 1.19. The third-order valence-corrected chi connectivity index (χ3v) is 2.54. The highest BCUT2D eigenvalue weighted by molar-refractivity contribution is 9.10. The minimum absolute atomic E-state index is 0.116. The second-order valence-corrected chi connectivity index (χ2v) is 3.58. The van der Waals surface area contributed by atoms with Gasteiger partial charge in [-0.15, -0.1) is 0 Å². The van der Waals surface area contributed by atoms with Gasteiger partial charge in [-0.3, -0.25) is 4.40 Å². The average molecular weight is 256 g/mol. The second kappa shape index (κ2) is 3.06. The first kappa shape index (κ1) is 9.14. The first-order valence-electron chi connectivity index (χ1n) is 3.89. The largest absolute Gasteiger partial charge is 0.391 e. The molecule has 0 aliphatic carbocycles. The van der Waals surface area contributed by atoms with Gasteiger partial charge in [-0.2, -0.15) is 0 Å². The number of fused-ring (bicyclic) bond motifs is 1. The van der Waals surface area contributed by atoms with Crippen LogP contribution in [0.3, 0.4) is 0 Å². The quantitative estimate of drug-likeness (QED) is 0.581. The van der Waals surface area contributed by atoms with Crippen LogP contribution in [-0.2, 0) is 0 Å². The number of hydrogen-bond acceptors (Lipinski definition) is 3. The van der Waals surface area contributed by atoms with Crippen molar-refractivity contribution in [3.63, 3.8) is 0 Å². The molecule has 5 nitrogen and oxygen atoms in total. The lowest BCUT2D eigenvalue weighted by Gasteiger charge is -1.96. The predicted molar refractivity (Wildman–Crippen MR) is 54.3 cm³/mol. The molecule has 2 aromatic rings. The van der Waals surface area contributed by atoms with E-state index in [-0.39, 0.29) is 5.82 Å². The highest BCUT2D eigenvalue weighted by atomic mass is 79.9. The topological polar surface area (TPSA) is 60.4 Å². The molecule has 2 aromatic heterocycles. The first-order valence-corrected chi connectivity index (χ1v) is 4.68. The van der Waals surface area contributed by atoms with Crippen LogP contribution in [0.4, 0.5) is 5.82 Å². The van der Waals surface area contributed by atoms with Gasteiger partial charge in [0.1, 0.15) is 0 Å². The first-order chi connectivity index (χ1) is 6.61. The zero-order valence-electron chi connectivity index (χ0n) is 7.27. The average Bonchev–Trinajstić information content (AvgIpc) is 2.46. The summed E-state index contributed by atoms with van der Waals surface area (Å²) in [7, 11) is 0. The molecule has 0 unspecified atom stereocenters. The van der Waals surface area contributed by atoms with E-state index >= 15 is 0 Å². The maximum atomic E-state index is 10.7. The van der Waals surface area contributed by atoms with Crippen molar-refractivity contribution in [1.29, 1.82) is 0 Å². The lowest BCUT2D eigenvalue weighted by Crippen LogP contribution is -1.91. The molecule has 0 bridgehead atoms. The summed E-state index contributed by atoms with van der Waals surface area (Å²) in [5.74, 6) is -0.116. The van der Waals surface area contributed by atoms with Gasteiger partial charge in [0.15, 0.2) is 5.52 Å². The predicted octanol–water partition coefficient (Wildman–Crippen LogP) is 2.31. The summed E-state index contributed by atoms with van der Waals surface area (Å²) in [6, 6.07) is 3.63. The smallest absolute Gasteiger partial charge is 0.358 e. The SMILES string of the molecule is Cc1cccn2c(Br)nc([N+](=O)[O-])c12. The molecule has 2 rings (SSSR count). The van der Waals surface area contributed by atoms with E-state index in [1.807, 2.05) is 19.1 Å². The molecule has 0 saturated heterocycles. The van der Waals surface area contributed by atoms with Gasteiger partial charge >= 0.3 is 5.82 Å². The summed E-state index contributed by atoms with van der Waals surface area (Å²) in [4.78, 5) is 14.0. The van der Waals surface area contributed by atoms with E-state index in [9.17, 15) is 10.1 Å².